The van der Waals surface area contributed by atoms with Gasteiger partial charge in [0.15, 0.2) is 0 Å². The van der Waals surface area contributed by atoms with Gasteiger partial charge >= 0.3 is 5.97 Å². The summed E-state index contributed by atoms with van der Waals surface area (Å²) in [5.74, 6) is 6.37. The molecule has 23 heavy (non-hydrogen) atoms. The van der Waals surface area contributed by atoms with Crippen LogP contribution >= 0.6 is 0 Å². The Labute approximate surface area is 144 Å². The predicted octanol–water partition coefficient (Wildman–Crippen LogP) is 6.28. The molecule has 0 radical (unpaired) electrons. The zero-order valence-corrected chi connectivity index (χ0v) is 16.0. The molecule has 0 N–H and O–H groups in total. The van der Waals surface area contributed by atoms with Gasteiger partial charge in [-0.25, -0.2) is 0 Å². The zero-order valence-electron chi connectivity index (χ0n) is 16.0. The van der Waals surface area contributed by atoms with Crippen LogP contribution in [-0.4, -0.2) is 12.6 Å². The topological polar surface area (TPSA) is 26.3 Å². The molecule has 0 rings (SSSR count). The second-order valence-corrected chi connectivity index (χ2v) is 7.42. The van der Waals surface area contributed by atoms with E-state index >= 15 is 0 Å². The number of esters is 1. The van der Waals surface area contributed by atoms with Crippen molar-refractivity contribution < 1.29 is 9.53 Å². The number of hydrogen-bond acceptors (Lipinski definition) is 2. The van der Waals surface area contributed by atoms with Gasteiger partial charge in [0, 0.05) is 12.8 Å². The SMILES string of the molecule is CCCC#CCCCCCCCCCCCOC(=O)C(C)(C)C. The van der Waals surface area contributed by atoms with Crippen LogP contribution in [0.15, 0.2) is 0 Å². The molecule has 0 aromatic rings. The van der Waals surface area contributed by atoms with Crippen LogP contribution < -0.4 is 0 Å². The normalized spacial score (nSPS) is 11.0. The van der Waals surface area contributed by atoms with Crippen LogP contribution in [0.2, 0.25) is 0 Å². The summed E-state index contributed by atoms with van der Waals surface area (Å²) in [7, 11) is 0. The van der Waals surface area contributed by atoms with Gasteiger partial charge in [-0.3, -0.25) is 4.79 Å². The number of unbranched alkanes of at least 4 members (excludes halogenated alkanes) is 10. The summed E-state index contributed by atoms with van der Waals surface area (Å²) < 4.78 is 5.26. The van der Waals surface area contributed by atoms with Gasteiger partial charge in [-0.15, -0.1) is 11.8 Å². The van der Waals surface area contributed by atoms with E-state index in [-0.39, 0.29) is 11.4 Å². The van der Waals surface area contributed by atoms with Crippen molar-refractivity contribution in [1.29, 1.82) is 0 Å². The van der Waals surface area contributed by atoms with E-state index in [9.17, 15) is 4.79 Å². The standard InChI is InChI=1S/C21H38O2/c1-5-6-7-8-9-10-11-12-13-14-15-16-17-18-19-23-20(22)21(2,3)4/h5-6,9-19H2,1-4H3. The fourth-order valence-electron chi connectivity index (χ4n) is 2.24. The maximum Gasteiger partial charge on any atom is 0.311 e. The van der Waals surface area contributed by atoms with Crippen LogP contribution in [0.25, 0.3) is 0 Å². The second kappa shape index (κ2) is 14.6. The molecule has 0 spiro atoms. The Bertz CT molecular complexity index is 341. The van der Waals surface area contributed by atoms with E-state index in [4.69, 9.17) is 4.74 Å². The lowest BCUT2D eigenvalue weighted by Crippen LogP contribution is -2.23. The summed E-state index contributed by atoms with van der Waals surface area (Å²) in [5.41, 5.74) is -0.373. The summed E-state index contributed by atoms with van der Waals surface area (Å²) in [6, 6.07) is 0. The minimum atomic E-state index is -0.373. The maximum atomic E-state index is 11.6. The van der Waals surface area contributed by atoms with E-state index in [0.29, 0.717) is 6.61 Å². The van der Waals surface area contributed by atoms with Crippen LogP contribution in [0.4, 0.5) is 0 Å². The molecule has 2 heteroatoms. The molecule has 0 atom stereocenters. The van der Waals surface area contributed by atoms with Crippen molar-refractivity contribution in [3.63, 3.8) is 0 Å². The van der Waals surface area contributed by atoms with Crippen LogP contribution in [0, 0.1) is 17.3 Å². The third kappa shape index (κ3) is 15.7. The molecule has 0 saturated heterocycles. The molecule has 134 valence electrons. The molecule has 0 aromatic heterocycles. The van der Waals surface area contributed by atoms with E-state index in [0.717, 1.165) is 19.3 Å². The van der Waals surface area contributed by atoms with Gasteiger partial charge in [-0.05, 0) is 40.0 Å². The summed E-state index contributed by atoms with van der Waals surface area (Å²) in [6.07, 6.45) is 14.7. The average molecular weight is 323 g/mol. The van der Waals surface area contributed by atoms with Crippen molar-refractivity contribution in [1.82, 2.24) is 0 Å². The van der Waals surface area contributed by atoms with Crippen LogP contribution in [0.1, 0.15) is 105 Å². The van der Waals surface area contributed by atoms with Gasteiger partial charge in [0.2, 0.25) is 0 Å². The first-order chi connectivity index (χ1) is 11.0. The van der Waals surface area contributed by atoms with Crippen molar-refractivity contribution in [2.24, 2.45) is 5.41 Å². The molecule has 0 aliphatic rings. The van der Waals surface area contributed by atoms with Crippen molar-refractivity contribution in [2.75, 3.05) is 6.61 Å². The largest absolute Gasteiger partial charge is 0.465 e. The Morgan fingerprint density at radius 2 is 1.26 bits per heavy atom. The summed E-state index contributed by atoms with van der Waals surface area (Å²) in [5, 5.41) is 0. The van der Waals surface area contributed by atoms with E-state index in [2.05, 4.69) is 18.8 Å². The highest BCUT2D eigenvalue weighted by Gasteiger charge is 2.22. The number of carbonyl (C=O) groups excluding carboxylic acids is 1. The molecular formula is C21H38O2. The first kappa shape index (κ1) is 22.0. The molecule has 0 aromatic carbocycles. The Morgan fingerprint density at radius 3 is 1.78 bits per heavy atom. The lowest BCUT2D eigenvalue weighted by molar-refractivity contribution is -0.153. The minimum absolute atomic E-state index is 0.0862. The van der Waals surface area contributed by atoms with Gasteiger partial charge in [0.05, 0.1) is 12.0 Å². The van der Waals surface area contributed by atoms with Crippen molar-refractivity contribution >= 4 is 5.97 Å². The highest BCUT2D eigenvalue weighted by Crippen LogP contribution is 2.16. The van der Waals surface area contributed by atoms with E-state index in [1.165, 1.54) is 57.8 Å². The van der Waals surface area contributed by atoms with Gasteiger partial charge in [-0.1, -0.05) is 51.9 Å². The number of rotatable bonds is 12. The van der Waals surface area contributed by atoms with E-state index in [1.54, 1.807) is 0 Å². The second-order valence-electron chi connectivity index (χ2n) is 7.42. The Hall–Kier alpha value is -0.970. The van der Waals surface area contributed by atoms with E-state index < -0.39 is 0 Å². The van der Waals surface area contributed by atoms with Crippen molar-refractivity contribution in [2.45, 2.75) is 105 Å². The predicted molar refractivity (Wildman–Crippen MR) is 99.3 cm³/mol. The zero-order chi connectivity index (χ0) is 17.4. The fraction of sp³-hybridized carbons (Fsp3) is 0.857. The molecule has 0 heterocycles. The molecular weight excluding hydrogens is 284 g/mol. The number of hydrogen-bond donors (Lipinski definition) is 0. The van der Waals surface area contributed by atoms with Gasteiger partial charge < -0.3 is 4.74 Å². The Balaban J connectivity index is 3.20. The third-order valence-corrected chi connectivity index (χ3v) is 3.79. The summed E-state index contributed by atoms with van der Waals surface area (Å²) in [4.78, 5) is 11.6. The minimum Gasteiger partial charge on any atom is -0.465 e. The number of ether oxygens (including phenoxy) is 1. The van der Waals surface area contributed by atoms with Crippen molar-refractivity contribution in [3.05, 3.63) is 0 Å². The molecule has 0 bridgehead atoms. The molecule has 0 aliphatic carbocycles. The van der Waals surface area contributed by atoms with Gasteiger partial charge in [-0.2, -0.15) is 0 Å². The molecule has 0 aliphatic heterocycles. The smallest absolute Gasteiger partial charge is 0.311 e. The van der Waals surface area contributed by atoms with Crippen LogP contribution in [0.5, 0.6) is 0 Å². The Morgan fingerprint density at radius 1 is 0.783 bits per heavy atom. The van der Waals surface area contributed by atoms with Gasteiger partial charge in [0.1, 0.15) is 0 Å². The van der Waals surface area contributed by atoms with E-state index in [1.807, 2.05) is 20.8 Å². The monoisotopic (exact) mass is 322 g/mol. The van der Waals surface area contributed by atoms with Gasteiger partial charge in [0.25, 0.3) is 0 Å². The van der Waals surface area contributed by atoms with Crippen molar-refractivity contribution in [3.8, 4) is 11.8 Å². The van der Waals surface area contributed by atoms with Crippen LogP contribution in [0.3, 0.4) is 0 Å². The first-order valence-corrected chi connectivity index (χ1v) is 9.61. The maximum absolute atomic E-state index is 11.6. The molecule has 0 unspecified atom stereocenters. The quantitative estimate of drug-likeness (QED) is 0.240. The average Bonchev–Trinajstić information content (AvgIpc) is 2.50. The molecule has 2 nitrogen and oxygen atoms in total. The summed E-state index contributed by atoms with van der Waals surface area (Å²) >= 11 is 0. The first-order valence-electron chi connectivity index (χ1n) is 9.61. The molecule has 0 fully saturated rings. The lowest BCUT2D eigenvalue weighted by Gasteiger charge is -2.16. The highest BCUT2D eigenvalue weighted by atomic mass is 16.5. The highest BCUT2D eigenvalue weighted by molar-refractivity contribution is 5.75. The lowest BCUT2D eigenvalue weighted by atomic mass is 9.97. The van der Waals surface area contributed by atoms with Crippen LogP contribution in [-0.2, 0) is 9.53 Å². The third-order valence-electron chi connectivity index (χ3n) is 3.79. The Kier molecular flexibility index (Phi) is 14.0. The molecule has 0 amide bonds. The summed E-state index contributed by atoms with van der Waals surface area (Å²) in [6.45, 7) is 8.44. The fourth-order valence-corrected chi connectivity index (χ4v) is 2.24. The number of carbonyl (C=O) groups is 1. The molecule has 0 saturated carbocycles.